The zero-order valence-electron chi connectivity index (χ0n) is 24.6. The van der Waals surface area contributed by atoms with E-state index < -0.39 is 36.8 Å². The van der Waals surface area contributed by atoms with Gasteiger partial charge in [0.05, 0.1) is 4.88 Å². The number of nitrogens with one attached hydrogen (secondary N) is 2. The normalized spacial score (nSPS) is 20.6. The van der Waals surface area contributed by atoms with E-state index in [1.165, 1.54) is 12.1 Å². The molecular weight excluding hydrogens is 635 g/mol. The van der Waals surface area contributed by atoms with Crippen molar-refractivity contribution >= 4 is 52.4 Å². The highest BCUT2D eigenvalue weighted by molar-refractivity contribution is 7.52. The van der Waals surface area contributed by atoms with Crippen LogP contribution in [-0.4, -0.2) is 50.5 Å². The summed E-state index contributed by atoms with van der Waals surface area (Å²) in [6.07, 6.45) is 3.86. The molecule has 3 amide bonds. The van der Waals surface area contributed by atoms with Gasteiger partial charge in [-0.1, -0.05) is 61.4 Å². The van der Waals surface area contributed by atoms with Gasteiger partial charge in [-0.3, -0.25) is 18.9 Å². The second kappa shape index (κ2) is 12.7. The van der Waals surface area contributed by atoms with Crippen molar-refractivity contribution in [2.45, 2.75) is 62.3 Å². The first-order valence-corrected chi connectivity index (χ1v) is 17.4. The second-order valence-electron chi connectivity index (χ2n) is 11.7. The molecule has 9 nitrogen and oxygen atoms in total. The van der Waals surface area contributed by atoms with Gasteiger partial charge in [-0.2, -0.15) is 8.78 Å². The summed E-state index contributed by atoms with van der Waals surface area (Å²) in [5, 5.41) is 5.97. The maximum Gasteiger partial charge on any atom is 0.399 e. The van der Waals surface area contributed by atoms with Crippen LogP contribution in [0.4, 0.5) is 14.5 Å². The molecule has 46 heavy (non-hydrogen) atoms. The summed E-state index contributed by atoms with van der Waals surface area (Å²) in [6, 6.07) is 20.2. The van der Waals surface area contributed by atoms with E-state index in [2.05, 4.69) is 10.6 Å². The van der Waals surface area contributed by atoms with Gasteiger partial charge in [-0.25, -0.2) is 0 Å². The Morgan fingerprint density at radius 3 is 2.30 bits per heavy atom. The molecule has 4 N–H and O–H groups in total. The lowest BCUT2D eigenvalue weighted by Gasteiger charge is -2.35. The molecule has 13 heteroatoms. The van der Waals surface area contributed by atoms with Gasteiger partial charge in [0.1, 0.15) is 12.1 Å². The smallest absolute Gasteiger partial charge is 0.340 e. The van der Waals surface area contributed by atoms with E-state index in [0.717, 1.165) is 47.4 Å². The van der Waals surface area contributed by atoms with Gasteiger partial charge in [-0.05, 0) is 72.5 Å². The lowest BCUT2D eigenvalue weighted by Crippen LogP contribution is -2.55. The summed E-state index contributed by atoms with van der Waals surface area (Å²) >= 11 is 1.02. The summed E-state index contributed by atoms with van der Waals surface area (Å²) in [4.78, 5) is 60.7. The number of hydrogen-bond acceptors (Lipinski definition) is 5. The molecular formula is C33H32F2N3O6PS. The number of hydrogen-bond donors (Lipinski definition) is 4. The van der Waals surface area contributed by atoms with Crippen LogP contribution >= 0.6 is 18.9 Å². The minimum atomic E-state index is -5.75. The van der Waals surface area contributed by atoms with Crippen LogP contribution in [0.15, 0.2) is 78.9 Å². The Bertz CT molecular complexity index is 1830. The highest BCUT2D eigenvalue weighted by atomic mass is 32.1. The SMILES string of the molecule is O=C(N[C@H]1CCCC[C@H]2CC[C@@H](C(=O)Nc3ccc(-c4ccccc4)cc3)N2C1=O)c1cc2cc(C(F)(F)P(=O)(O)O)ccc2s1. The van der Waals surface area contributed by atoms with Crippen molar-refractivity contribution in [3.05, 3.63) is 89.3 Å². The van der Waals surface area contributed by atoms with Gasteiger partial charge in [0.2, 0.25) is 11.8 Å². The fraction of sp³-hybridized carbons (Fsp3) is 0.303. The highest BCUT2D eigenvalue weighted by Gasteiger charge is 2.50. The summed E-state index contributed by atoms with van der Waals surface area (Å²) in [7, 11) is -5.75. The molecule has 0 radical (unpaired) electrons. The topological polar surface area (TPSA) is 136 Å². The molecule has 4 aromatic rings. The first-order valence-electron chi connectivity index (χ1n) is 15.0. The molecule has 3 aromatic carbocycles. The zero-order valence-corrected chi connectivity index (χ0v) is 26.3. The number of benzene rings is 3. The van der Waals surface area contributed by atoms with Crippen LogP contribution in [-0.2, 0) is 19.8 Å². The monoisotopic (exact) mass is 667 g/mol. The fourth-order valence-corrected chi connectivity index (χ4v) is 7.69. The van der Waals surface area contributed by atoms with E-state index in [9.17, 15) is 27.7 Å². The van der Waals surface area contributed by atoms with Crippen molar-refractivity contribution in [3.63, 3.8) is 0 Å². The number of anilines is 1. The number of alkyl halides is 2. The van der Waals surface area contributed by atoms with Crippen LogP contribution < -0.4 is 10.6 Å². The molecule has 3 heterocycles. The van der Waals surface area contributed by atoms with Gasteiger partial charge in [0, 0.05) is 22.0 Å². The molecule has 2 fully saturated rings. The number of amides is 3. The van der Waals surface area contributed by atoms with Gasteiger partial charge in [0.15, 0.2) is 0 Å². The third kappa shape index (κ3) is 6.35. The Balaban J connectivity index is 1.16. The van der Waals surface area contributed by atoms with E-state index in [4.69, 9.17) is 9.79 Å². The third-order valence-corrected chi connectivity index (χ3v) is 10.8. The molecule has 2 aliphatic rings. The minimum absolute atomic E-state index is 0.123. The predicted molar refractivity (Wildman–Crippen MR) is 172 cm³/mol. The van der Waals surface area contributed by atoms with E-state index >= 15 is 0 Å². The summed E-state index contributed by atoms with van der Waals surface area (Å²) < 4.78 is 40.3. The van der Waals surface area contributed by atoms with Crippen LogP contribution in [0.1, 0.15) is 53.8 Å². The summed E-state index contributed by atoms with van der Waals surface area (Å²) in [6.45, 7) is 0. The lowest BCUT2D eigenvalue weighted by molar-refractivity contribution is -0.141. The van der Waals surface area contributed by atoms with Crippen LogP contribution in [0.2, 0.25) is 0 Å². The van der Waals surface area contributed by atoms with Gasteiger partial charge in [0.25, 0.3) is 5.91 Å². The van der Waals surface area contributed by atoms with E-state index in [-0.39, 0.29) is 28.1 Å². The average Bonchev–Trinajstić information content (AvgIpc) is 3.66. The number of rotatable bonds is 7. The Morgan fingerprint density at radius 2 is 1.59 bits per heavy atom. The average molecular weight is 668 g/mol. The van der Waals surface area contributed by atoms with Gasteiger partial charge < -0.3 is 25.3 Å². The first kappa shape index (κ1) is 32.0. The van der Waals surface area contributed by atoms with Crippen LogP contribution in [0, 0.1) is 0 Å². The number of thiophene rings is 1. The Morgan fingerprint density at radius 1 is 0.891 bits per heavy atom. The van der Waals surface area contributed by atoms with E-state index in [1.54, 1.807) is 4.90 Å². The van der Waals surface area contributed by atoms with Crippen LogP contribution in [0.3, 0.4) is 0 Å². The van der Waals surface area contributed by atoms with Crippen molar-refractivity contribution < 1.29 is 37.5 Å². The Kier molecular flexibility index (Phi) is 8.82. The molecule has 1 aromatic heterocycles. The Labute approximate surface area is 267 Å². The summed E-state index contributed by atoms with van der Waals surface area (Å²) in [5.41, 5.74) is -2.55. The molecule has 240 valence electrons. The molecule has 0 saturated carbocycles. The molecule has 0 spiro atoms. The molecule has 2 saturated heterocycles. The molecule has 3 atom stereocenters. The standard InChI is InChI=1S/C33H32F2N3O6PS/c34-33(35,45(42,43)44)23-12-17-28-22(18-23)19-29(46-28)31(40)37-26-9-5-4-8-25-15-16-27(38(25)32(26)41)30(39)36-24-13-10-21(11-14-24)20-6-2-1-3-7-20/h1-3,6-7,10-14,17-19,25-27H,4-5,8-9,15-16H2,(H,36,39)(H,37,40)(H2,42,43,44)/t25-,26-,27-/m0/s1. The van der Waals surface area contributed by atoms with Crippen molar-refractivity contribution in [3.8, 4) is 11.1 Å². The zero-order chi connectivity index (χ0) is 32.6. The summed E-state index contributed by atoms with van der Waals surface area (Å²) in [5.74, 6) is -1.19. The van der Waals surface area contributed by atoms with Gasteiger partial charge >= 0.3 is 13.3 Å². The van der Waals surface area contributed by atoms with Crippen LogP contribution in [0.5, 0.6) is 0 Å². The van der Waals surface area contributed by atoms with Crippen molar-refractivity contribution in [2.75, 3.05) is 5.32 Å². The number of nitrogens with zero attached hydrogens (tertiary/aromatic N) is 1. The highest BCUT2D eigenvalue weighted by Crippen LogP contribution is 2.59. The van der Waals surface area contributed by atoms with Crippen molar-refractivity contribution in [2.24, 2.45) is 0 Å². The quantitative estimate of drug-likeness (QED) is 0.167. The molecule has 0 bridgehead atoms. The minimum Gasteiger partial charge on any atom is -0.340 e. The maximum absolute atomic E-state index is 14.3. The van der Waals surface area contributed by atoms with E-state index in [0.29, 0.717) is 36.1 Å². The molecule has 6 rings (SSSR count). The van der Waals surface area contributed by atoms with Crippen molar-refractivity contribution in [1.82, 2.24) is 10.2 Å². The second-order valence-corrected chi connectivity index (χ2v) is 14.4. The molecule has 0 unspecified atom stereocenters. The van der Waals surface area contributed by atoms with Crippen LogP contribution in [0.25, 0.3) is 21.2 Å². The number of carbonyl (C=O) groups is 3. The fourth-order valence-electron chi connectivity index (χ4n) is 6.27. The van der Waals surface area contributed by atoms with Crippen molar-refractivity contribution in [1.29, 1.82) is 0 Å². The predicted octanol–water partition coefficient (Wildman–Crippen LogP) is 6.47. The van der Waals surface area contributed by atoms with Gasteiger partial charge in [-0.15, -0.1) is 11.3 Å². The number of fused-ring (bicyclic) bond motifs is 2. The number of carbonyl (C=O) groups excluding carboxylic acids is 3. The Hall–Kier alpha value is -3.96. The molecule has 0 aliphatic carbocycles. The largest absolute Gasteiger partial charge is 0.399 e. The maximum atomic E-state index is 14.3. The third-order valence-electron chi connectivity index (χ3n) is 8.66. The lowest BCUT2D eigenvalue weighted by atomic mass is 9.99. The first-order chi connectivity index (χ1) is 21.9. The number of halogens is 2. The van der Waals surface area contributed by atoms with E-state index in [1.807, 2.05) is 54.6 Å². The molecule has 2 aliphatic heterocycles.